The van der Waals surface area contributed by atoms with Crippen molar-refractivity contribution in [1.82, 2.24) is 4.90 Å². The van der Waals surface area contributed by atoms with Gasteiger partial charge in [-0.2, -0.15) is 0 Å². The van der Waals surface area contributed by atoms with Gasteiger partial charge in [0.15, 0.2) is 0 Å². The number of nitrogens with one attached hydrogen (secondary N) is 1. The van der Waals surface area contributed by atoms with Gasteiger partial charge in [0, 0.05) is 19.5 Å². The van der Waals surface area contributed by atoms with Crippen molar-refractivity contribution in [1.29, 1.82) is 5.41 Å². The molecule has 2 nitrogen and oxygen atoms in total. The molecule has 0 unspecified atom stereocenters. The second-order valence-corrected chi connectivity index (χ2v) is 6.35. The SMILES string of the molecule is CC1(C)C(CN2CCCCC2=N)C1(C)C. The van der Waals surface area contributed by atoms with Crippen LogP contribution in [0.1, 0.15) is 47.0 Å². The Morgan fingerprint density at radius 1 is 1.20 bits per heavy atom. The molecule has 0 atom stereocenters. The predicted octanol–water partition coefficient (Wildman–Crippen LogP) is 3.13. The van der Waals surface area contributed by atoms with E-state index >= 15 is 0 Å². The minimum Gasteiger partial charge on any atom is -0.360 e. The average Bonchev–Trinajstić information content (AvgIpc) is 2.51. The van der Waals surface area contributed by atoms with Gasteiger partial charge in [0.2, 0.25) is 0 Å². The molecule has 1 heterocycles. The lowest BCUT2D eigenvalue weighted by atomic mass is 10.0. The first kappa shape index (κ1) is 11.0. The molecule has 2 rings (SSSR count). The Labute approximate surface area is 93.6 Å². The predicted molar refractivity (Wildman–Crippen MR) is 64.2 cm³/mol. The lowest BCUT2D eigenvalue weighted by Crippen LogP contribution is -2.37. The molecule has 0 bridgehead atoms. The molecule has 1 saturated carbocycles. The Morgan fingerprint density at radius 2 is 1.80 bits per heavy atom. The summed E-state index contributed by atoms with van der Waals surface area (Å²) in [7, 11) is 0. The first-order valence-electron chi connectivity index (χ1n) is 6.20. The summed E-state index contributed by atoms with van der Waals surface area (Å²) in [5.74, 6) is 1.64. The van der Waals surface area contributed by atoms with E-state index in [0.29, 0.717) is 10.8 Å². The van der Waals surface area contributed by atoms with E-state index in [1.807, 2.05) is 0 Å². The number of hydrogen-bond donors (Lipinski definition) is 1. The molecule has 2 heteroatoms. The second-order valence-electron chi connectivity index (χ2n) is 6.35. The molecule has 86 valence electrons. The molecule has 0 spiro atoms. The fraction of sp³-hybridized carbons (Fsp3) is 0.923. The molecule has 0 amide bonds. The van der Waals surface area contributed by atoms with Crippen LogP contribution in [0.5, 0.6) is 0 Å². The quantitative estimate of drug-likeness (QED) is 0.741. The smallest absolute Gasteiger partial charge is 0.0957 e. The van der Waals surface area contributed by atoms with Crippen LogP contribution in [0.15, 0.2) is 0 Å². The van der Waals surface area contributed by atoms with Crippen molar-refractivity contribution in [2.75, 3.05) is 13.1 Å². The molecule has 1 N–H and O–H groups in total. The molecule has 0 radical (unpaired) electrons. The standard InChI is InChI=1S/C13H24N2/c1-12(2)10(13(12,3)4)9-15-8-6-5-7-11(15)14/h10,14H,5-9H2,1-4H3. The molecular formula is C13H24N2. The van der Waals surface area contributed by atoms with Gasteiger partial charge >= 0.3 is 0 Å². The maximum Gasteiger partial charge on any atom is 0.0957 e. The van der Waals surface area contributed by atoms with E-state index < -0.39 is 0 Å². The normalized spacial score (nSPS) is 29.3. The van der Waals surface area contributed by atoms with Gasteiger partial charge in [-0.15, -0.1) is 0 Å². The Kier molecular flexibility index (Phi) is 2.36. The molecule has 1 aliphatic carbocycles. The van der Waals surface area contributed by atoms with Crippen molar-refractivity contribution >= 4 is 5.84 Å². The van der Waals surface area contributed by atoms with Crippen molar-refractivity contribution in [3.8, 4) is 0 Å². The van der Waals surface area contributed by atoms with Crippen LogP contribution < -0.4 is 0 Å². The van der Waals surface area contributed by atoms with Crippen LogP contribution in [0.25, 0.3) is 0 Å². The third-order valence-electron chi connectivity index (χ3n) is 5.20. The number of rotatable bonds is 2. The van der Waals surface area contributed by atoms with Crippen LogP contribution in [0, 0.1) is 22.2 Å². The maximum atomic E-state index is 7.95. The van der Waals surface area contributed by atoms with E-state index in [2.05, 4.69) is 32.6 Å². The average molecular weight is 208 g/mol. The maximum absolute atomic E-state index is 7.95. The fourth-order valence-electron chi connectivity index (χ4n) is 3.10. The van der Waals surface area contributed by atoms with Gasteiger partial charge < -0.3 is 4.90 Å². The molecule has 0 aromatic rings. The van der Waals surface area contributed by atoms with Gasteiger partial charge in [-0.3, -0.25) is 5.41 Å². The second kappa shape index (κ2) is 3.23. The molecule has 2 aliphatic rings. The summed E-state index contributed by atoms with van der Waals surface area (Å²) < 4.78 is 0. The Hall–Kier alpha value is -0.530. The van der Waals surface area contributed by atoms with Crippen molar-refractivity contribution in [3.05, 3.63) is 0 Å². The highest BCUT2D eigenvalue weighted by atomic mass is 15.2. The van der Waals surface area contributed by atoms with Crippen molar-refractivity contribution in [3.63, 3.8) is 0 Å². The molecular weight excluding hydrogens is 184 g/mol. The molecule has 1 aliphatic heterocycles. The van der Waals surface area contributed by atoms with Crippen molar-refractivity contribution < 1.29 is 0 Å². The van der Waals surface area contributed by atoms with Crippen LogP contribution in [0.2, 0.25) is 0 Å². The minimum atomic E-state index is 0.463. The number of nitrogens with zero attached hydrogens (tertiary/aromatic N) is 1. The zero-order chi connectivity index (χ0) is 11.3. The van der Waals surface area contributed by atoms with E-state index in [1.165, 1.54) is 12.8 Å². The Bertz CT molecular complexity index is 264. The van der Waals surface area contributed by atoms with Crippen LogP contribution in [-0.4, -0.2) is 23.8 Å². The molecule has 0 aromatic heterocycles. The minimum absolute atomic E-state index is 0.463. The molecule has 0 aromatic carbocycles. The van der Waals surface area contributed by atoms with E-state index in [0.717, 1.165) is 31.3 Å². The first-order valence-corrected chi connectivity index (χ1v) is 6.20. The van der Waals surface area contributed by atoms with Gasteiger partial charge in [-0.1, -0.05) is 27.7 Å². The highest BCUT2D eigenvalue weighted by molar-refractivity contribution is 5.79. The van der Waals surface area contributed by atoms with E-state index in [-0.39, 0.29) is 0 Å². The first-order chi connectivity index (χ1) is 6.87. The van der Waals surface area contributed by atoms with Gasteiger partial charge in [-0.25, -0.2) is 0 Å². The molecule has 2 fully saturated rings. The van der Waals surface area contributed by atoms with E-state index in [1.54, 1.807) is 0 Å². The zero-order valence-electron chi connectivity index (χ0n) is 10.6. The molecule has 15 heavy (non-hydrogen) atoms. The summed E-state index contributed by atoms with van der Waals surface area (Å²) in [5, 5.41) is 7.95. The summed E-state index contributed by atoms with van der Waals surface area (Å²) in [5.41, 5.74) is 0.926. The number of amidine groups is 1. The van der Waals surface area contributed by atoms with Crippen LogP contribution >= 0.6 is 0 Å². The molecule has 1 saturated heterocycles. The highest BCUT2D eigenvalue weighted by Crippen LogP contribution is 2.68. The monoisotopic (exact) mass is 208 g/mol. The largest absolute Gasteiger partial charge is 0.360 e. The zero-order valence-corrected chi connectivity index (χ0v) is 10.6. The van der Waals surface area contributed by atoms with Crippen molar-refractivity contribution in [2.24, 2.45) is 16.7 Å². The van der Waals surface area contributed by atoms with Gasteiger partial charge in [0.05, 0.1) is 5.84 Å². The van der Waals surface area contributed by atoms with Gasteiger partial charge in [0.1, 0.15) is 0 Å². The summed E-state index contributed by atoms with van der Waals surface area (Å²) in [6, 6.07) is 0. The third kappa shape index (κ3) is 1.58. The van der Waals surface area contributed by atoms with Crippen LogP contribution in [0.3, 0.4) is 0 Å². The van der Waals surface area contributed by atoms with Crippen LogP contribution in [0.4, 0.5) is 0 Å². The lowest BCUT2D eigenvalue weighted by Gasteiger charge is -2.30. The van der Waals surface area contributed by atoms with E-state index in [4.69, 9.17) is 5.41 Å². The summed E-state index contributed by atoms with van der Waals surface area (Å²) in [6.45, 7) is 11.7. The Balaban J connectivity index is 1.96. The third-order valence-corrected chi connectivity index (χ3v) is 5.20. The van der Waals surface area contributed by atoms with E-state index in [9.17, 15) is 0 Å². The topological polar surface area (TPSA) is 27.1 Å². The number of piperidine rings is 1. The lowest BCUT2D eigenvalue weighted by molar-refractivity contribution is 0.329. The fourth-order valence-corrected chi connectivity index (χ4v) is 3.10. The Morgan fingerprint density at radius 3 is 2.27 bits per heavy atom. The van der Waals surface area contributed by atoms with Gasteiger partial charge in [0.25, 0.3) is 0 Å². The summed E-state index contributed by atoms with van der Waals surface area (Å²) in [6.07, 6.45) is 3.48. The van der Waals surface area contributed by atoms with Crippen LogP contribution in [-0.2, 0) is 0 Å². The van der Waals surface area contributed by atoms with Crippen molar-refractivity contribution in [2.45, 2.75) is 47.0 Å². The summed E-state index contributed by atoms with van der Waals surface area (Å²) in [4.78, 5) is 2.31. The summed E-state index contributed by atoms with van der Waals surface area (Å²) >= 11 is 0. The number of likely N-dealkylation sites (tertiary alicyclic amines) is 1. The highest BCUT2D eigenvalue weighted by Gasteiger charge is 2.64. The van der Waals surface area contributed by atoms with Gasteiger partial charge in [-0.05, 0) is 29.6 Å². The number of hydrogen-bond acceptors (Lipinski definition) is 1.